The maximum absolute atomic E-state index is 12.8. The molecular weight excluding hydrogens is 334 g/mol. The molecule has 2 aliphatic rings. The van der Waals surface area contributed by atoms with Gasteiger partial charge in [0.25, 0.3) is 0 Å². The third-order valence-corrected chi connectivity index (χ3v) is 5.01. The van der Waals surface area contributed by atoms with Crippen molar-refractivity contribution in [3.63, 3.8) is 0 Å². The summed E-state index contributed by atoms with van der Waals surface area (Å²) in [7, 11) is 4.47. The molecule has 6 heteroatoms. The summed E-state index contributed by atoms with van der Waals surface area (Å²) in [5, 5.41) is 3.17. The zero-order valence-corrected chi connectivity index (χ0v) is 15.3. The Balaban J connectivity index is 2.25. The predicted molar refractivity (Wildman–Crippen MR) is 96.0 cm³/mol. The van der Waals surface area contributed by atoms with Gasteiger partial charge in [-0.05, 0) is 31.0 Å². The van der Waals surface area contributed by atoms with E-state index in [9.17, 15) is 9.59 Å². The Morgan fingerprint density at radius 3 is 2.62 bits per heavy atom. The summed E-state index contributed by atoms with van der Waals surface area (Å²) in [5.41, 5.74) is 2.69. The molecule has 1 heterocycles. The lowest BCUT2D eigenvalue weighted by Gasteiger charge is -2.38. The largest absolute Gasteiger partial charge is 0.497 e. The number of rotatable bonds is 4. The zero-order valence-electron chi connectivity index (χ0n) is 15.3. The number of hydrogen-bond donors (Lipinski definition) is 1. The fourth-order valence-corrected chi connectivity index (χ4v) is 3.82. The Labute approximate surface area is 152 Å². The standard InChI is InChI=1S/C20H23NO5/c1-11-17(20(23)26-4)18(19-14(21-11)6-5-7-15(19)22)13-10-12(24-2)8-9-16(13)25-3/h8-10,17-18,21H,1,5-7H2,2-4H3. The summed E-state index contributed by atoms with van der Waals surface area (Å²) in [6.07, 6.45) is 1.99. The third-order valence-electron chi connectivity index (χ3n) is 5.01. The van der Waals surface area contributed by atoms with E-state index in [0.717, 1.165) is 18.5 Å². The molecule has 138 valence electrons. The normalized spacial score (nSPS) is 22.4. The van der Waals surface area contributed by atoms with Crippen molar-refractivity contribution in [3.05, 3.63) is 47.3 Å². The maximum Gasteiger partial charge on any atom is 0.315 e. The lowest BCUT2D eigenvalue weighted by atomic mass is 9.71. The summed E-state index contributed by atoms with van der Waals surface area (Å²) in [6, 6.07) is 5.37. The van der Waals surface area contributed by atoms with Crippen LogP contribution in [0.4, 0.5) is 0 Å². The fourth-order valence-electron chi connectivity index (χ4n) is 3.82. The molecule has 2 atom stereocenters. The van der Waals surface area contributed by atoms with Crippen LogP contribution in [0.1, 0.15) is 30.7 Å². The first-order valence-electron chi connectivity index (χ1n) is 8.53. The third kappa shape index (κ3) is 2.96. The molecule has 1 aromatic carbocycles. The first-order chi connectivity index (χ1) is 12.5. The monoisotopic (exact) mass is 357 g/mol. The van der Waals surface area contributed by atoms with Gasteiger partial charge < -0.3 is 19.5 Å². The predicted octanol–water partition coefficient (Wildman–Crippen LogP) is 2.70. The van der Waals surface area contributed by atoms with Crippen molar-refractivity contribution in [1.82, 2.24) is 5.32 Å². The number of esters is 1. The van der Waals surface area contributed by atoms with E-state index in [4.69, 9.17) is 14.2 Å². The molecule has 0 radical (unpaired) electrons. The molecule has 0 spiro atoms. The highest BCUT2D eigenvalue weighted by molar-refractivity contribution is 6.00. The van der Waals surface area contributed by atoms with Crippen LogP contribution in [0.3, 0.4) is 0 Å². The lowest BCUT2D eigenvalue weighted by molar-refractivity contribution is -0.144. The second-order valence-corrected chi connectivity index (χ2v) is 6.41. The average molecular weight is 357 g/mol. The van der Waals surface area contributed by atoms with E-state index >= 15 is 0 Å². The highest BCUT2D eigenvalue weighted by atomic mass is 16.5. The molecule has 0 aromatic heterocycles. The van der Waals surface area contributed by atoms with E-state index < -0.39 is 17.8 Å². The Morgan fingerprint density at radius 1 is 1.19 bits per heavy atom. The lowest BCUT2D eigenvalue weighted by Crippen LogP contribution is -2.41. The minimum Gasteiger partial charge on any atom is -0.497 e. The molecule has 0 fully saturated rings. The Hall–Kier alpha value is -2.76. The van der Waals surface area contributed by atoms with Gasteiger partial charge in [-0.3, -0.25) is 9.59 Å². The molecule has 2 unspecified atom stereocenters. The smallest absolute Gasteiger partial charge is 0.315 e. The minimum absolute atomic E-state index is 0.0371. The molecule has 0 bridgehead atoms. The Kier molecular flexibility index (Phi) is 5.02. The van der Waals surface area contributed by atoms with Crippen LogP contribution < -0.4 is 14.8 Å². The molecule has 1 N–H and O–H groups in total. The van der Waals surface area contributed by atoms with Gasteiger partial charge in [0.05, 0.1) is 21.3 Å². The summed E-state index contributed by atoms with van der Waals surface area (Å²) in [6.45, 7) is 4.03. The molecule has 0 amide bonds. The van der Waals surface area contributed by atoms with Gasteiger partial charge >= 0.3 is 5.97 Å². The van der Waals surface area contributed by atoms with Crippen LogP contribution in [0.2, 0.25) is 0 Å². The van der Waals surface area contributed by atoms with Crippen molar-refractivity contribution < 1.29 is 23.8 Å². The number of methoxy groups -OCH3 is 3. The van der Waals surface area contributed by atoms with E-state index in [1.807, 2.05) is 6.07 Å². The highest BCUT2D eigenvalue weighted by Gasteiger charge is 2.44. The summed E-state index contributed by atoms with van der Waals surface area (Å²) < 4.78 is 15.9. The number of benzene rings is 1. The van der Waals surface area contributed by atoms with Gasteiger partial charge in [-0.2, -0.15) is 0 Å². The summed E-state index contributed by atoms with van der Waals surface area (Å²) in [4.78, 5) is 25.3. The van der Waals surface area contributed by atoms with Gasteiger partial charge in [0, 0.05) is 34.9 Å². The Bertz CT molecular complexity index is 795. The van der Waals surface area contributed by atoms with Crippen LogP contribution in [0, 0.1) is 5.92 Å². The van der Waals surface area contributed by atoms with Gasteiger partial charge in [-0.15, -0.1) is 0 Å². The first kappa shape index (κ1) is 18.0. The van der Waals surface area contributed by atoms with E-state index in [-0.39, 0.29) is 5.78 Å². The van der Waals surface area contributed by atoms with E-state index in [1.165, 1.54) is 7.11 Å². The molecule has 26 heavy (non-hydrogen) atoms. The van der Waals surface area contributed by atoms with Gasteiger partial charge in [0.2, 0.25) is 0 Å². The van der Waals surface area contributed by atoms with E-state index in [0.29, 0.717) is 34.8 Å². The minimum atomic E-state index is -0.721. The molecular formula is C20H23NO5. The summed E-state index contributed by atoms with van der Waals surface area (Å²) in [5.74, 6) is -0.438. The van der Waals surface area contributed by atoms with Crippen LogP contribution in [-0.4, -0.2) is 33.1 Å². The number of allylic oxidation sites excluding steroid dienone is 2. The number of carbonyl (C=O) groups excluding carboxylic acids is 2. The maximum atomic E-state index is 12.8. The van der Waals surface area contributed by atoms with Gasteiger partial charge in [0.15, 0.2) is 5.78 Å². The van der Waals surface area contributed by atoms with Crippen LogP contribution in [0.15, 0.2) is 41.7 Å². The number of nitrogens with one attached hydrogen (secondary N) is 1. The van der Waals surface area contributed by atoms with Crippen molar-refractivity contribution in [1.29, 1.82) is 0 Å². The SMILES string of the molecule is C=C1NC2=C(C(=O)CCC2)C(c2cc(OC)ccc2OC)C1C(=O)OC. The molecule has 1 aromatic rings. The second-order valence-electron chi connectivity index (χ2n) is 6.41. The van der Waals surface area contributed by atoms with Crippen molar-refractivity contribution in [2.45, 2.75) is 25.2 Å². The molecule has 3 rings (SSSR count). The quantitative estimate of drug-likeness (QED) is 0.835. The average Bonchev–Trinajstić information content (AvgIpc) is 2.66. The summed E-state index contributed by atoms with van der Waals surface area (Å²) >= 11 is 0. The number of ketones is 1. The second kappa shape index (κ2) is 7.23. The fraction of sp³-hybridized carbons (Fsp3) is 0.400. The molecule has 1 aliphatic heterocycles. The molecule has 0 saturated heterocycles. The topological polar surface area (TPSA) is 73.9 Å². The number of hydrogen-bond acceptors (Lipinski definition) is 6. The van der Waals surface area contributed by atoms with Gasteiger partial charge in [-0.25, -0.2) is 0 Å². The van der Waals surface area contributed by atoms with Crippen LogP contribution in [0.25, 0.3) is 0 Å². The van der Waals surface area contributed by atoms with Gasteiger partial charge in [0.1, 0.15) is 17.4 Å². The number of Topliss-reactive ketones (excluding diaryl/α,β-unsaturated/α-hetero) is 1. The van der Waals surface area contributed by atoms with Gasteiger partial charge in [-0.1, -0.05) is 6.58 Å². The number of ether oxygens (including phenoxy) is 3. The zero-order chi connectivity index (χ0) is 18.8. The van der Waals surface area contributed by atoms with Crippen LogP contribution in [-0.2, 0) is 14.3 Å². The van der Waals surface area contributed by atoms with Crippen molar-refractivity contribution >= 4 is 11.8 Å². The molecule has 0 saturated carbocycles. The molecule has 1 aliphatic carbocycles. The van der Waals surface area contributed by atoms with E-state index in [2.05, 4.69) is 11.9 Å². The molecule has 6 nitrogen and oxygen atoms in total. The van der Waals surface area contributed by atoms with Crippen LogP contribution >= 0.6 is 0 Å². The highest BCUT2D eigenvalue weighted by Crippen LogP contribution is 2.47. The van der Waals surface area contributed by atoms with Crippen molar-refractivity contribution in [2.75, 3.05) is 21.3 Å². The van der Waals surface area contributed by atoms with Crippen molar-refractivity contribution in [2.24, 2.45) is 5.92 Å². The van der Waals surface area contributed by atoms with E-state index in [1.54, 1.807) is 26.4 Å². The first-order valence-corrected chi connectivity index (χ1v) is 8.53. The Morgan fingerprint density at radius 2 is 1.96 bits per heavy atom. The van der Waals surface area contributed by atoms with Crippen LogP contribution in [0.5, 0.6) is 11.5 Å². The number of carbonyl (C=O) groups is 2. The van der Waals surface area contributed by atoms with Crippen molar-refractivity contribution in [3.8, 4) is 11.5 Å².